The van der Waals surface area contributed by atoms with Gasteiger partial charge in [-0.1, -0.05) is 17.7 Å². The number of aromatic nitrogens is 3. The number of hydrogen-bond acceptors (Lipinski definition) is 3. The zero-order chi connectivity index (χ0) is 19.7. The summed E-state index contributed by atoms with van der Waals surface area (Å²) in [6.45, 7) is 5.25. The topological polar surface area (TPSA) is 51.0 Å². The highest BCUT2D eigenvalue weighted by Gasteiger charge is 2.26. The van der Waals surface area contributed by atoms with E-state index in [4.69, 9.17) is 16.6 Å². The highest BCUT2D eigenvalue weighted by molar-refractivity contribution is 6.31. The molecule has 144 valence electrons. The van der Waals surface area contributed by atoms with E-state index in [1.165, 1.54) is 31.0 Å². The summed E-state index contributed by atoms with van der Waals surface area (Å²) in [5.74, 6) is 0.618. The molecule has 1 aliphatic carbocycles. The van der Waals surface area contributed by atoms with Crippen molar-refractivity contribution in [3.8, 4) is 0 Å². The zero-order valence-corrected chi connectivity index (χ0v) is 16.1. The second kappa shape index (κ2) is 7.72. The number of hydrogen-bond donors (Lipinski definition) is 0. The predicted octanol–water partition coefficient (Wildman–Crippen LogP) is 4.46. The third kappa shape index (κ3) is 3.78. The van der Waals surface area contributed by atoms with Crippen LogP contribution in [-0.2, 0) is 13.1 Å². The first-order valence-electron chi connectivity index (χ1n) is 9.22. The van der Waals surface area contributed by atoms with Gasteiger partial charge in [-0.05, 0) is 49.1 Å². The van der Waals surface area contributed by atoms with Gasteiger partial charge in [0, 0.05) is 24.8 Å². The van der Waals surface area contributed by atoms with Crippen LogP contribution < -0.4 is 0 Å². The van der Waals surface area contributed by atoms with Crippen molar-refractivity contribution in [3.05, 3.63) is 71.4 Å². The van der Waals surface area contributed by atoms with E-state index in [-0.39, 0.29) is 10.9 Å². The number of carbonyl (C=O) groups excluding carboxylic acids is 1. The average molecular weight is 399 g/mol. The Balaban J connectivity index is 1.66. The van der Waals surface area contributed by atoms with Crippen LogP contribution in [0.5, 0.6) is 0 Å². The third-order valence-electron chi connectivity index (χ3n) is 4.86. The largest absolute Gasteiger partial charge is 0.327 e. The van der Waals surface area contributed by atoms with E-state index in [9.17, 15) is 9.18 Å². The quantitative estimate of drug-likeness (QED) is 0.552. The molecule has 1 saturated carbocycles. The van der Waals surface area contributed by atoms with Crippen LogP contribution in [0.3, 0.4) is 0 Å². The van der Waals surface area contributed by atoms with Gasteiger partial charge in [-0.25, -0.2) is 14.4 Å². The number of halogens is 2. The van der Waals surface area contributed by atoms with Gasteiger partial charge in [-0.3, -0.25) is 4.79 Å². The molecule has 0 saturated heterocycles. The standard InChI is InChI=1S/C21H20ClFN4O/c1-2-10-26(21(28)15-7-8-17(23)16(22)11-15)13-19-25-18-4-3-9-24-20(18)27(19)12-14-5-6-14/h2-4,7-9,11,14H,1,5-6,10,12-13H2. The number of fused-ring (bicyclic) bond motifs is 1. The number of imidazole rings is 1. The van der Waals surface area contributed by atoms with Crippen LogP contribution in [0.1, 0.15) is 29.0 Å². The average Bonchev–Trinajstić information content (AvgIpc) is 3.45. The zero-order valence-electron chi connectivity index (χ0n) is 15.3. The number of nitrogens with zero attached hydrogens (tertiary/aromatic N) is 4. The SMILES string of the molecule is C=CCN(Cc1nc2cccnc2n1CC1CC1)C(=O)c1ccc(F)c(Cl)c1. The Bertz CT molecular complexity index is 1040. The fourth-order valence-corrected chi connectivity index (χ4v) is 3.41. The van der Waals surface area contributed by atoms with E-state index >= 15 is 0 Å². The van der Waals surface area contributed by atoms with Crippen LogP contribution in [0, 0.1) is 11.7 Å². The summed E-state index contributed by atoms with van der Waals surface area (Å²) in [5.41, 5.74) is 1.98. The smallest absolute Gasteiger partial charge is 0.254 e. The van der Waals surface area contributed by atoms with Crippen molar-refractivity contribution in [1.82, 2.24) is 19.4 Å². The van der Waals surface area contributed by atoms with Crippen molar-refractivity contribution >= 4 is 28.7 Å². The Morgan fingerprint density at radius 2 is 2.21 bits per heavy atom. The lowest BCUT2D eigenvalue weighted by molar-refractivity contribution is 0.0757. The summed E-state index contributed by atoms with van der Waals surface area (Å²) in [6, 6.07) is 7.77. The number of pyridine rings is 1. The molecule has 28 heavy (non-hydrogen) atoms. The van der Waals surface area contributed by atoms with Crippen molar-refractivity contribution in [1.29, 1.82) is 0 Å². The van der Waals surface area contributed by atoms with Crippen molar-refractivity contribution in [2.45, 2.75) is 25.9 Å². The molecular weight excluding hydrogens is 379 g/mol. The maximum Gasteiger partial charge on any atom is 0.254 e. The van der Waals surface area contributed by atoms with Crippen molar-refractivity contribution < 1.29 is 9.18 Å². The first-order chi connectivity index (χ1) is 13.6. The minimum atomic E-state index is -0.550. The van der Waals surface area contributed by atoms with Crippen molar-refractivity contribution in [2.24, 2.45) is 5.92 Å². The second-order valence-corrected chi connectivity index (χ2v) is 7.44. The molecule has 3 aromatic rings. The molecule has 7 heteroatoms. The van der Waals surface area contributed by atoms with E-state index in [1.54, 1.807) is 17.2 Å². The van der Waals surface area contributed by atoms with Crippen LogP contribution in [0.15, 0.2) is 49.2 Å². The maximum absolute atomic E-state index is 13.5. The molecule has 0 radical (unpaired) electrons. The molecule has 0 atom stereocenters. The Labute approximate surface area is 167 Å². The van der Waals surface area contributed by atoms with Gasteiger partial charge in [0.1, 0.15) is 17.2 Å². The molecular formula is C21H20ClFN4O. The minimum absolute atomic E-state index is 0.0745. The summed E-state index contributed by atoms with van der Waals surface area (Å²) < 4.78 is 15.6. The molecule has 4 rings (SSSR count). The molecule has 2 aromatic heterocycles. The van der Waals surface area contributed by atoms with E-state index in [0.717, 1.165) is 23.5 Å². The number of amides is 1. The van der Waals surface area contributed by atoms with Crippen LogP contribution in [0.4, 0.5) is 4.39 Å². The van der Waals surface area contributed by atoms with Gasteiger partial charge in [-0.2, -0.15) is 0 Å². The van der Waals surface area contributed by atoms with Gasteiger partial charge in [0.05, 0.1) is 11.6 Å². The van der Waals surface area contributed by atoms with Gasteiger partial charge < -0.3 is 9.47 Å². The highest BCUT2D eigenvalue weighted by Crippen LogP contribution is 2.32. The third-order valence-corrected chi connectivity index (χ3v) is 5.15. The highest BCUT2D eigenvalue weighted by atomic mass is 35.5. The van der Waals surface area contributed by atoms with Crippen LogP contribution >= 0.6 is 11.6 Å². The van der Waals surface area contributed by atoms with E-state index in [0.29, 0.717) is 24.6 Å². The lowest BCUT2D eigenvalue weighted by atomic mass is 10.2. The summed E-state index contributed by atoms with van der Waals surface area (Å²) in [5, 5.41) is -0.0745. The fraction of sp³-hybridized carbons (Fsp3) is 0.286. The molecule has 1 aliphatic rings. The monoisotopic (exact) mass is 398 g/mol. The Morgan fingerprint density at radius 1 is 1.39 bits per heavy atom. The summed E-state index contributed by atoms with van der Waals surface area (Å²) in [6.07, 6.45) is 5.82. The second-order valence-electron chi connectivity index (χ2n) is 7.03. The molecule has 0 unspecified atom stereocenters. The molecule has 1 aromatic carbocycles. The van der Waals surface area contributed by atoms with Crippen LogP contribution in [0.2, 0.25) is 5.02 Å². The first-order valence-corrected chi connectivity index (χ1v) is 9.60. The predicted molar refractivity (Wildman–Crippen MR) is 107 cm³/mol. The lowest BCUT2D eigenvalue weighted by Crippen LogP contribution is -2.32. The Morgan fingerprint density at radius 3 is 2.93 bits per heavy atom. The minimum Gasteiger partial charge on any atom is -0.327 e. The summed E-state index contributed by atoms with van der Waals surface area (Å²) in [7, 11) is 0. The number of benzene rings is 1. The molecule has 0 N–H and O–H groups in total. The van der Waals surface area contributed by atoms with Gasteiger partial charge in [0.15, 0.2) is 5.65 Å². The van der Waals surface area contributed by atoms with E-state index in [2.05, 4.69) is 16.1 Å². The number of rotatable bonds is 7. The molecule has 0 aliphatic heterocycles. The molecule has 0 spiro atoms. The molecule has 5 nitrogen and oxygen atoms in total. The molecule has 1 fully saturated rings. The van der Waals surface area contributed by atoms with Gasteiger partial charge >= 0.3 is 0 Å². The summed E-state index contributed by atoms with van der Waals surface area (Å²) in [4.78, 5) is 23.8. The van der Waals surface area contributed by atoms with E-state index in [1.807, 2.05) is 12.1 Å². The van der Waals surface area contributed by atoms with Crippen LogP contribution in [-0.4, -0.2) is 31.9 Å². The number of carbonyl (C=O) groups is 1. The van der Waals surface area contributed by atoms with Crippen LogP contribution in [0.25, 0.3) is 11.2 Å². The first kappa shape index (κ1) is 18.6. The Kier molecular flexibility index (Phi) is 5.13. The van der Waals surface area contributed by atoms with Gasteiger partial charge in [-0.15, -0.1) is 6.58 Å². The molecule has 0 bridgehead atoms. The molecule has 1 amide bonds. The lowest BCUT2D eigenvalue weighted by Gasteiger charge is -2.21. The Hall–Kier alpha value is -2.73. The maximum atomic E-state index is 13.5. The molecule has 2 heterocycles. The summed E-state index contributed by atoms with van der Waals surface area (Å²) >= 11 is 5.85. The van der Waals surface area contributed by atoms with Crippen molar-refractivity contribution in [3.63, 3.8) is 0 Å². The normalized spacial score (nSPS) is 13.6. The van der Waals surface area contributed by atoms with Crippen molar-refractivity contribution in [2.75, 3.05) is 6.54 Å². The van der Waals surface area contributed by atoms with Gasteiger partial charge in [0.25, 0.3) is 5.91 Å². The fourth-order valence-electron chi connectivity index (χ4n) is 3.23. The van der Waals surface area contributed by atoms with E-state index < -0.39 is 5.82 Å². The van der Waals surface area contributed by atoms with Gasteiger partial charge in [0.2, 0.25) is 0 Å².